The standard InChI is InChI=1S/C14H23N5O2/c20-19(21)14-5-9-18(16-14)13-3-7-17(8-4-13)11-12-2-1-6-15-10-12/h5,9,12-13,15H,1-4,6-8,10-11H2. The lowest BCUT2D eigenvalue weighted by Crippen LogP contribution is -2.42. The molecular formula is C14H23N5O2. The molecule has 0 aromatic carbocycles. The molecule has 1 N–H and O–H groups in total. The number of piperidine rings is 2. The van der Waals surface area contributed by atoms with E-state index < -0.39 is 4.92 Å². The molecule has 0 spiro atoms. The van der Waals surface area contributed by atoms with Crippen LogP contribution in [-0.4, -0.2) is 52.3 Å². The Hall–Kier alpha value is -1.47. The van der Waals surface area contributed by atoms with Gasteiger partial charge in [0.05, 0.1) is 23.4 Å². The van der Waals surface area contributed by atoms with E-state index in [0.29, 0.717) is 6.04 Å². The number of rotatable bonds is 4. The first-order valence-corrected chi connectivity index (χ1v) is 7.85. The van der Waals surface area contributed by atoms with Crippen molar-refractivity contribution in [3.05, 3.63) is 22.4 Å². The Morgan fingerprint density at radius 3 is 2.81 bits per heavy atom. The first-order chi connectivity index (χ1) is 10.2. The summed E-state index contributed by atoms with van der Waals surface area (Å²) >= 11 is 0. The van der Waals surface area contributed by atoms with Crippen molar-refractivity contribution in [3.8, 4) is 0 Å². The monoisotopic (exact) mass is 293 g/mol. The molecule has 0 saturated carbocycles. The highest BCUT2D eigenvalue weighted by Gasteiger charge is 2.26. The van der Waals surface area contributed by atoms with Gasteiger partial charge in [0.1, 0.15) is 0 Å². The third-order valence-electron chi connectivity index (χ3n) is 4.63. The van der Waals surface area contributed by atoms with Crippen molar-refractivity contribution < 1.29 is 4.92 Å². The Labute approximate surface area is 124 Å². The Morgan fingerprint density at radius 1 is 1.38 bits per heavy atom. The van der Waals surface area contributed by atoms with Gasteiger partial charge in [-0.3, -0.25) is 0 Å². The maximum absolute atomic E-state index is 10.7. The van der Waals surface area contributed by atoms with Crippen LogP contribution >= 0.6 is 0 Å². The number of likely N-dealkylation sites (tertiary alicyclic amines) is 1. The molecule has 21 heavy (non-hydrogen) atoms. The van der Waals surface area contributed by atoms with Crippen molar-refractivity contribution in [2.75, 3.05) is 32.7 Å². The third-order valence-corrected chi connectivity index (χ3v) is 4.63. The fourth-order valence-corrected chi connectivity index (χ4v) is 3.44. The fraction of sp³-hybridized carbons (Fsp3) is 0.786. The topological polar surface area (TPSA) is 76.2 Å². The van der Waals surface area contributed by atoms with Crippen molar-refractivity contribution in [1.82, 2.24) is 20.0 Å². The molecule has 0 aliphatic carbocycles. The Balaban J connectivity index is 1.48. The van der Waals surface area contributed by atoms with Crippen molar-refractivity contribution in [2.45, 2.75) is 31.7 Å². The molecule has 7 heteroatoms. The number of aromatic nitrogens is 2. The minimum absolute atomic E-state index is 0.0503. The predicted molar refractivity (Wildman–Crippen MR) is 79.2 cm³/mol. The van der Waals surface area contributed by atoms with Crippen molar-refractivity contribution in [3.63, 3.8) is 0 Å². The zero-order chi connectivity index (χ0) is 14.7. The molecule has 1 aromatic heterocycles. The molecule has 2 fully saturated rings. The van der Waals surface area contributed by atoms with Gasteiger partial charge in [-0.25, -0.2) is 0 Å². The summed E-state index contributed by atoms with van der Waals surface area (Å²) in [7, 11) is 0. The summed E-state index contributed by atoms with van der Waals surface area (Å²) in [6, 6.07) is 1.79. The fourth-order valence-electron chi connectivity index (χ4n) is 3.44. The minimum Gasteiger partial charge on any atom is -0.358 e. The van der Waals surface area contributed by atoms with E-state index in [0.717, 1.165) is 44.9 Å². The second-order valence-electron chi connectivity index (χ2n) is 6.16. The van der Waals surface area contributed by atoms with Crippen molar-refractivity contribution in [1.29, 1.82) is 0 Å². The highest BCUT2D eigenvalue weighted by molar-refractivity contribution is 5.14. The van der Waals surface area contributed by atoms with E-state index in [9.17, 15) is 10.1 Å². The molecule has 7 nitrogen and oxygen atoms in total. The van der Waals surface area contributed by atoms with E-state index >= 15 is 0 Å². The molecule has 3 rings (SSSR count). The lowest BCUT2D eigenvalue weighted by molar-refractivity contribution is -0.389. The molecule has 1 unspecified atom stereocenters. The molecule has 3 heterocycles. The average molecular weight is 293 g/mol. The van der Waals surface area contributed by atoms with Gasteiger partial charge in [-0.2, -0.15) is 4.68 Å². The third kappa shape index (κ3) is 3.59. The van der Waals surface area contributed by atoms with Gasteiger partial charge in [-0.1, -0.05) is 0 Å². The molecule has 116 valence electrons. The average Bonchev–Trinajstić information content (AvgIpc) is 2.99. The van der Waals surface area contributed by atoms with Crippen LogP contribution in [0.2, 0.25) is 0 Å². The first-order valence-electron chi connectivity index (χ1n) is 7.85. The quantitative estimate of drug-likeness (QED) is 0.671. The van der Waals surface area contributed by atoms with E-state index in [1.807, 2.05) is 0 Å². The largest absolute Gasteiger partial charge is 0.389 e. The molecule has 0 radical (unpaired) electrons. The zero-order valence-corrected chi connectivity index (χ0v) is 12.3. The van der Waals surface area contributed by atoms with E-state index in [4.69, 9.17) is 0 Å². The van der Waals surface area contributed by atoms with Crippen LogP contribution in [0.15, 0.2) is 12.3 Å². The summed E-state index contributed by atoms with van der Waals surface area (Å²) in [6.07, 6.45) is 6.41. The SMILES string of the molecule is O=[N+]([O-])c1ccn(C2CCN(CC3CCCNC3)CC2)n1. The molecule has 2 aliphatic rings. The summed E-state index contributed by atoms with van der Waals surface area (Å²) in [5.74, 6) is 0.729. The Kier molecular flexibility index (Phi) is 4.50. The van der Waals surface area contributed by atoms with Crippen LogP contribution in [0.4, 0.5) is 5.82 Å². The molecule has 0 bridgehead atoms. The van der Waals surface area contributed by atoms with Crippen molar-refractivity contribution in [2.24, 2.45) is 5.92 Å². The second kappa shape index (κ2) is 6.53. The van der Waals surface area contributed by atoms with Crippen molar-refractivity contribution >= 4 is 5.82 Å². The van der Waals surface area contributed by atoms with Gasteiger partial charge >= 0.3 is 5.82 Å². The second-order valence-corrected chi connectivity index (χ2v) is 6.16. The maximum atomic E-state index is 10.7. The minimum atomic E-state index is -0.429. The van der Waals surface area contributed by atoms with Crippen LogP contribution in [0.3, 0.4) is 0 Å². The Bertz CT molecular complexity index is 475. The molecule has 1 aromatic rings. The number of nitro groups is 1. The smallest absolute Gasteiger partial charge is 0.358 e. The van der Waals surface area contributed by atoms with Gasteiger partial charge in [0.25, 0.3) is 0 Å². The van der Waals surface area contributed by atoms with Gasteiger partial charge < -0.3 is 20.3 Å². The number of nitrogens with zero attached hydrogens (tertiary/aromatic N) is 4. The molecule has 1 atom stereocenters. The highest BCUT2D eigenvalue weighted by atomic mass is 16.6. The number of hydrogen-bond donors (Lipinski definition) is 1. The van der Waals surface area contributed by atoms with Gasteiger partial charge in [0.15, 0.2) is 0 Å². The Morgan fingerprint density at radius 2 is 2.19 bits per heavy atom. The van der Waals surface area contributed by atoms with Crippen LogP contribution in [-0.2, 0) is 0 Å². The van der Waals surface area contributed by atoms with Gasteiger partial charge in [0.2, 0.25) is 0 Å². The van der Waals surface area contributed by atoms with Crippen LogP contribution in [0.1, 0.15) is 31.7 Å². The molecule has 2 saturated heterocycles. The van der Waals surface area contributed by atoms with Crippen LogP contribution in [0, 0.1) is 16.0 Å². The summed E-state index contributed by atoms with van der Waals surface area (Å²) < 4.78 is 1.78. The summed E-state index contributed by atoms with van der Waals surface area (Å²) in [5, 5.41) is 18.2. The van der Waals surface area contributed by atoms with E-state index in [1.165, 1.54) is 25.5 Å². The highest BCUT2D eigenvalue weighted by Crippen LogP contribution is 2.24. The van der Waals surface area contributed by atoms with Gasteiger partial charge in [-0.05, 0) is 49.6 Å². The van der Waals surface area contributed by atoms with Gasteiger partial charge in [0, 0.05) is 19.6 Å². The maximum Gasteiger partial charge on any atom is 0.389 e. The zero-order valence-electron chi connectivity index (χ0n) is 12.3. The molecule has 2 aliphatic heterocycles. The van der Waals surface area contributed by atoms with Crippen LogP contribution in [0.25, 0.3) is 0 Å². The number of nitrogens with one attached hydrogen (secondary N) is 1. The predicted octanol–water partition coefficient (Wildman–Crippen LogP) is 1.43. The molecule has 0 amide bonds. The van der Waals surface area contributed by atoms with Crippen LogP contribution < -0.4 is 5.32 Å². The van der Waals surface area contributed by atoms with E-state index in [2.05, 4.69) is 15.3 Å². The summed E-state index contributed by atoms with van der Waals surface area (Å²) in [4.78, 5) is 12.8. The number of hydrogen-bond acceptors (Lipinski definition) is 5. The van der Waals surface area contributed by atoms with E-state index in [1.54, 1.807) is 10.9 Å². The normalized spacial score (nSPS) is 25.0. The molecular weight excluding hydrogens is 270 g/mol. The van der Waals surface area contributed by atoms with Gasteiger partial charge in [-0.15, -0.1) is 0 Å². The lowest BCUT2D eigenvalue weighted by atomic mass is 9.97. The first kappa shape index (κ1) is 14.5. The lowest BCUT2D eigenvalue weighted by Gasteiger charge is -2.34. The summed E-state index contributed by atoms with van der Waals surface area (Å²) in [5.41, 5.74) is 0. The van der Waals surface area contributed by atoms with E-state index in [-0.39, 0.29) is 5.82 Å². The summed E-state index contributed by atoms with van der Waals surface area (Å²) in [6.45, 7) is 5.62. The van der Waals surface area contributed by atoms with Crippen LogP contribution in [0.5, 0.6) is 0 Å².